The quantitative estimate of drug-likeness (QED) is 0.815. The van der Waals surface area contributed by atoms with Gasteiger partial charge in [-0.15, -0.1) is 12.4 Å². The topological polar surface area (TPSA) is 75.4 Å². The second kappa shape index (κ2) is 7.63. The number of nitrogens with one attached hydrogen (secondary N) is 1. The lowest BCUT2D eigenvalue weighted by Gasteiger charge is -2.20. The molecular formula is C13H20ClN3O2. The fourth-order valence-corrected chi connectivity index (χ4v) is 1.72. The van der Waals surface area contributed by atoms with Crippen LogP contribution in [0.25, 0.3) is 0 Å². The lowest BCUT2D eigenvalue weighted by Crippen LogP contribution is -2.37. The molecule has 0 fully saturated rings. The summed E-state index contributed by atoms with van der Waals surface area (Å²) < 4.78 is 0. The number of rotatable bonds is 4. The lowest BCUT2D eigenvalue weighted by molar-refractivity contribution is -0.124. The fourth-order valence-electron chi connectivity index (χ4n) is 1.72. The van der Waals surface area contributed by atoms with Gasteiger partial charge in [-0.3, -0.25) is 9.59 Å². The van der Waals surface area contributed by atoms with Crippen LogP contribution in [-0.2, 0) is 4.79 Å². The number of halogens is 1. The van der Waals surface area contributed by atoms with E-state index in [1.807, 2.05) is 0 Å². The van der Waals surface area contributed by atoms with Crippen molar-refractivity contribution in [2.24, 2.45) is 5.92 Å². The van der Waals surface area contributed by atoms with Crippen LogP contribution in [0, 0.1) is 5.92 Å². The molecule has 106 valence electrons. The van der Waals surface area contributed by atoms with Crippen LogP contribution in [0.4, 0.5) is 5.69 Å². The number of carbonyl (C=O) groups excluding carboxylic acids is 2. The van der Waals surface area contributed by atoms with Crippen molar-refractivity contribution < 1.29 is 9.59 Å². The van der Waals surface area contributed by atoms with Crippen LogP contribution in [0.2, 0.25) is 0 Å². The Kier molecular flexibility index (Phi) is 6.93. The van der Waals surface area contributed by atoms with E-state index in [0.717, 1.165) is 0 Å². The molecule has 5 nitrogen and oxygen atoms in total. The van der Waals surface area contributed by atoms with Crippen molar-refractivity contribution in [1.82, 2.24) is 10.2 Å². The standard InChI is InChI=1S/C13H19N3O2.ClH/c1-9(12(17)15-2)8-16(3)13(18)10-5-4-6-11(14)7-10;/h4-7,9H,8,14H2,1-3H3,(H,15,17);1H. The van der Waals surface area contributed by atoms with Crippen molar-refractivity contribution in [2.75, 3.05) is 26.4 Å². The highest BCUT2D eigenvalue weighted by molar-refractivity contribution is 5.95. The number of anilines is 1. The first-order valence-corrected chi connectivity index (χ1v) is 5.78. The maximum atomic E-state index is 12.1. The number of nitrogen functional groups attached to an aromatic ring is 1. The van der Waals surface area contributed by atoms with Crippen molar-refractivity contribution in [2.45, 2.75) is 6.92 Å². The Morgan fingerprint density at radius 1 is 1.42 bits per heavy atom. The molecule has 0 aliphatic rings. The summed E-state index contributed by atoms with van der Waals surface area (Å²) in [5.41, 5.74) is 6.71. The van der Waals surface area contributed by atoms with Gasteiger partial charge >= 0.3 is 0 Å². The number of hydrogen-bond donors (Lipinski definition) is 2. The summed E-state index contributed by atoms with van der Waals surface area (Å²) in [6, 6.07) is 6.80. The third kappa shape index (κ3) is 4.79. The van der Waals surface area contributed by atoms with Crippen LogP contribution in [0.1, 0.15) is 17.3 Å². The summed E-state index contributed by atoms with van der Waals surface area (Å²) >= 11 is 0. The Morgan fingerprint density at radius 3 is 2.58 bits per heavy atom. The Morgan fingerprint density at radius 2 is 2.05 bits per heavy atom. The molecule has 1 rings (SSSR count). The predicted molar refractivity (Wildman–Crippen MR) is 78.3 cm³/mol. The first-order valence-electron chi connectivity index (χ1n) is 5.78. The van der Waals surface area contributed by atoms with Gasteiger partial charge in [-0.1, -0.05) is 13.0 Å². The second-order valence-electron chi connectivity index (χ2n) is 4.33. The van der Waals surface area contributed by atoms with Gasteiger partial charge in [0, 0.05) is 31.9 Å². The number of hydrogen-bond acceptors (Lipinski definition) is 3. The number of nitrogens with zero attached hydrogens (tertiary/aromatic N) is 1. The Balaban J connectivity index is 0.00000324. The summed E-state index contributed by atoms with van der Waals surface area (Å²) in [4.78, 5) is 25.0. The molecule has 1 aromatic carbocycles. The predicted octanol–water partition coefficient (Wildman–Crippen LogP) is 1.14. The summed E-state index contributed by atoms with van der Waals surface area (Å²) in [5.74, 6) is -0.467. The van der Waals surface area contributed by atoms with Crippen molar-refractivity contribution in [3.63, 3.8) is 0 Å². The number of amides is 2. The highest BCUT2D eigenvalue weighted by atomic mass is 35.5. The van der Waals surface area contributed by atoms with Crippen molar-refractivity contribution >= 4 is 29.9 Å². The van der Waals surface area contributed by atoms with E-state index in [2.05, 4.69) is 5.32 Å². The minimum Gasteiger partial charge on any atom is -0.399 e. The molecule has 2 amide bonds. The number of carbonyl (C=O) groups is 2. The minimum absolute atomic E-state index is 0. The largest absolute Gasteiger partial charge is 0.399 e. The van der Waals surface area contributed by atoms with E-state index in [9.17, 15) is 9.59 Å². The average molecular weight is 286 g/mol. The highest BCUT2D eigenvalue weighted by Gasteiger charge is 2.18. The monoisotopic (exact) mass is 285 g/mol. The summed E-state index contributed by atoms with van der Waals surface area (Å²) in [5, 5.41) is 2.56. The van der Waals surface area contributed by atoms with E-state index in [1.165, 1.54) is 4.90 Å². The maximum Gasteiger partial charge on any atom is 0.253 e. The molecule has 6 heteroatoms. The summed E-state index contributed by atoms with van der Waals surface area (Å²) in [6.45, 7) is 2.15. The van der Waals surface area contributed by atoms with Crippen LogP contribution < -0.4 is 11.1 Å². The molecule has 0 radical (unpaired) electrons. The lowest BCUT2D eigenvalue weighted by atomic mass is 10.1. The molecule has 1 aromatic rings. The molecule has 0 heterocycles. The van der Waals surface area contributed by atoms with Gasteiger partial charge in [0.1, 0.15) is 0 Å². The van der Waals surface area contributed by atoms with Crippen LogP contribution >= 0.6 is 12.4 Å². The number of benzene rings is 1. The minimum atomic E-state index is -0.245. The first kappa shape index (κ1) is 17.2. The van der Waals surface area contributed by atoms with Gasteiger partial charge in [0.25, 0.3) is 5.91 Å². The Labute approximate surface area is 119 Å². The average Bonchev–Trinajstić information content (AvgIpc) is 2.36. The molecule has 19 heavy (non-hydrogen) atoms. The first-order chi connectivity index (χ1) is 8.45. The van der Waals surface area contributed by atoms with E-state index >= 15 is 0 Å². The van der Waals surface area contributed by atoms with Gasteiger partial charge < -0.3 is 16.0 Å². The third-order valence-electron chi connectivity index (χ3n) is 2.72. The fraction of sp³-hybridized carbons (Fsp3) is 0.385. The van der Waals surface area contributed by atoms with Gasteiger partial charge in [0.05, 0.1) is 5.92 Å². The van der Waals surface area contributed by atoms with Crippen LogP contribution in [0.5, 0.6) is 0 Å². The second-order valence-corrected chi connectivity index (χ2v) is 4.33. The van der Waals surface area contributed by atoms with Crippen LogP contribution in [0.15, 0.2) is 24.3 Å². The van der Waals surface area contributed by atoms with E-state index < -0.39 is 0 Å². The highest BCUT2D eigenvalue weighted by Crippen LogP contribution is 2.10. The van der Waals surface area contributed by atoms with Gasteiger partial charge in [-0.25, -0.2) is 0 Å². The van der Waals surface area contributed by atoms with Crippen molar-refractivity contribution in [3.05, 3.63) is 29.8 Å². The zero-order chi connectivity index (χ0) is 13.7. The third-order valence-corrected chi connectivity index (χ3v) is 2.72. The summed E-state index contributed by atoms with van der Waals surface area (Å²) in [7, 11) is 3.25. The van der Waals surface area contributed by atoms with Gasteiger partial charge in [0.2, 0.25) is 5.91 Å². The smallest absolute Gasteiger partial charge is 0.253 e. The SMILES string of the molecule is CNC(=O)C(C)CN(C)C(=O)c1cccc(N)c1.Cl. The van der Waals surface area contributed by atoms with E-state index in [0.29, 0.717) is 17.8 Å². The molecule has 3 N–H and O–H groups in total. The van der Waals surface area contributed by atoms with E-state index in [1.54, 1.807) is 45.3 Å². The van der Waals surface area contributed by atoms with Crippen LogP contribution in [-0.4, -0.2) is 37.4 Å². The molecular weight excluding hydrogens is 266 g/mol. The molecule has 1 atom stereocenters. The van der Waals surface area contributed by atoms with Gasteiger partial charge in [-0.05, 0) is 18.2 Å². The Hall–Kier alpha value is -1.75. The van der Waals surface area contributed by atoms with Crippen molar-refractivity contribution in [3.8, 4) is 0 Å². The molecule has 0 aliphatic carbocycles. The maximum absolute atomic E-state index is 12.1. The molecule has 0 aromatic heterocycles. The zero-order valence-corrected chi connectivity index (χ0v) is 12.2. The molecule has 0 saturated carbocycles. The van der Waals surface area contributed by atoms with Crippen LogP contribution in [0.3, 0.4) is 0 Å². The molecule has 0 spiro atoms. The summed E-state index contributed by atoms with van der Waals surface area (Å²) in [6.07, 6.45) is 0. The molecule has 0 bridgehead atoms. The molecule has 0 saturated heterocycles. The van der Waals surface area contributed by atoms with Gasteiger partial charge in [0.15, 0.2) is 0 Å². The molecule has 1 unspecified atom stereocenters. The number of nitrogens with two attached hydrogens (primary N) is 1. The van der Waals surface area contributed by atoms with E-state index in [-0.39, 0.29) is 30.1 Å². The normalized spacial score (nSPS) is 11.1. The Bertz CT molecular complexity index is 451. The zero-order valence-electron chi connectivity index (χ0n) is 11.3. The molecule has 0 aliphatic heterocycles. The van der Waals surface area contributed by atoms with Crippen molar-refractivity contribution in [1.29, 1.82) is 0 Å². The van der Waals surface area contributed by atoms with E-state index in [4.69, 9.17) is 5.73 Å². The van der Waals surface area contributed by atoms with Gasteiger partial charge in [-0.2, -0.15) is 0 Å².